The second-order valence-electron chi connectivity index (χ2n) is 0.408. The van der Waals surface area contributed by atoms with E-state index in [9.17, 15) is 0 Å². The monoisotopic (exact) mass is 191 g/mol. The Hall–Kier alpha value is 0.296. The van der Waals surface area contributed by atoms with Crippen LogP contribution >= 0.6 is 0 Å². The van der Waals surface area contributed by atoms with E-state index in [4.69, 9.17) is 17.5 Å². The summed E-state index contributed by atoms with van der Waals surface area (Å²) >= 11 is 0. The Morgan fingerprint density at radius 3 is 1.12 bits per heavy atom. The second-order valence-corrected chi connectivity index (χ2v) is 1.22. The quantitative estimate of drug-likeness (QED) is 0.355. The van der Waals surface area contributed by atoms with Crippen molar-refractivity contribution in [3.8, 4) is 0 Å². The van der Waals surface area contributed by atoms with Gasteiger partial charge in [0, 0.05) is 27.2 Å². The zero-order chi connectivity index (χ0) is 4.50. The molecule has 1 radical (unpaired) electrons. The van der Waals surface area contributed by atoms with Crippen LogP contribution in [0.25, 0.3) is 0 Å². The van der Waals surface area contributed by atoms with Gasteiger partial charge in [0.05, 0.1) is 0 Å². The third-order valence-corrected chi connectivity index (χ3v) is 0. The molecule has 0 aliphatic rings. The van der Waals surface area contributed by atoms with Crippen LogP contribution in [-0.4, -0.2) is 23.0 Å². The summed E-state index contributed by atoms with van der Waals surface area (Å²) in [7, 11) is -5.17. The molecule has 0 aromatic heterocycles. The van der Waals surface area contributed by atoms with Crippen LogP contribution in [0.2, 0.25) is 0 Å². The second kappa shape index (κ2) is 7.30. The van der Waals surface area contributed by atoms with Gasteiger partial charge in [-0.05, 0) is 0 Å². The van der Waals surface area contributed by atoms with Crippen molar-refractivity contribution in [3.63, 3.8) is 0 Å². The van der Waals surface area contributed by atoms with Gasteiger partial charge < -0.3 is 20.7 Å². The van der Waals surface area contributed by atoms with Gasteiger partial charge in [0.2, 0.25) is 0 Å². The topological polar surface area (TPSA) is 148 Å². The van der Waals surface area contributed by atoms with Crippen molar-refractivity contribution in [2.45, 2.75) is 0 Å². The summed E-state index contributed by atoms with van der Waals surface area (Å²) in [5.74, 6) is 0. The van der Waals surface area contributed by atoms with Gasteiger partial charge in [-0.15, -0.1) is 0 Å². The standard InChI is InChI=1S/Co.H3N.H2O4S.H2O/c;;1-5(2,3)4;/h;1H3;(H2,1,2,3,4);1H2/p-1. The molecule has 0 aliphatic heterocycles. The van der Waals surface area contributed by atoms with Crippen LogP contribution in [0, 0.1) is 0 Å². The molecule has 8 heteroatoms. The number of rotatable bonds is 0. The van der Waals surface area contributed by atoms with Crippen LogP contribution in [0.5, 0.6) is 0 Å². The molecule has 6 nitrogen and oxygen atoms in total. The molecule has 0 aromatic rings. The minimum Gasteiger partial charge on any atom is -0.759 e. The largest absolute Gasteiger partial charge is 0.759 e. The molecule has 57 valence electrons. The molecule has 0 atom stereocenters. The first-order chi connectivity index (χ1) is 2.00. The third-order valence-electron chi connectivity index (χ3n) is 0. The molecular weight excluding hydrogens is 185 g/mol. The predicted octanol–water partition coefficient (Wildman–Crippen LogP) is -1.79. The normalized spacial score (nSPS) is 7.25. The Kier molecular flexibility index (Phi) is 21.8. The Morgan fingerprint density at radius 1 is 1.12 bits per heavy atom. The number of quaternary nitrogens is 1. The summed E-state index contributed by atoms with van der Waals surface area (Å²) in [5.41, 5.74) is 0. The van der Waals surface area contributed by atoms with Crippen molar-refractivity contribution in [3.05, 3.63) is 0 Å². The van der Waals surface area contributed by atoms with E-state index in [-0.39, 0.29) is 28.4 Å². The summed E-state index contributed by atoms with van der Waals surface area (Å²) in [6.45, 7) is 0. The minimum atomic E-state index is -5.17. The smallest absolute Gasteiger partial charge is 0.0311 e. The zero-order valence-electron chi connectivity index (χ0n) is 3.87. The van der Waals surface area contributed by atoms with Crippen LogP contribution in [0.1, 0.15) is 0 Å². The third kappa shape index (κ3) is 2010. The maximum atomic E-state index is 8.52. The molecule has 0 amide bonds. The maximum Gasteiger partial charge on any atom is 0.0311 e. The Labute approximate surface area is 56.9 Å². The van der Waals surface area contributed by atoms with Crippen molar-refractivity contribution < 1.29 is 39.8 Å². The van der Waals surface area contributed by atoms with E-state index in [1.54, 1.807) is 0 Å². The van der Waals surface area contributed by atoms with E-state index >= 15 is 0 Å². The van der Waals surface area contributed by atoms with Crippen molar-refractivity contribution in [2.75, 3.05) is 0 Å². The first-order valence-corrected chi connectivity index (χ1v) is 2.00. The Balaban J connectivity index is -0.0000000267. The van der Waals surface area contributed by atoms with Gasteiger partial charge in [-0.25, -0.2) is 0 Å². The number of hydrogen-bond acceptors (Lipinski definition) is 4. The molecule has 0 aliphatic carbocycles. The van der Waals surface area contributed by atoms with Crippen LogP contribution in [-0.2, 0) is 27.2 Å². The molecule has 0 spiro atoms. The summed E-state index contributed by atoms with van der Waals surface area (Å²) < 4.78 is 34.1. The predicted molar refractivity (Wildman–Crippen MR) is 20.1 cm³/mol. The fraction of sp³-hybridized carbons (Fsp3) is 0. The van der Waals surface area contributed by atoms with Gasteiger partial charge in [-0.1, -0.05) is 0 Å². The molecule has 0 saturated carbocycles. The van der Waals surface area contributed by atoms with E-state index in [1.807, 2.05) is 0 Å². The van der Waals surface area contributed by atoms with E-state index in [1.165, 1.54) is 0 Å². The van der Waals surface area contributed by atoms with Crippen molar-refractivity contribution in [1.82, 2.24) is 6.15 Å². The fourth-order valence-corrected chi connectivity index (χ4v) is 0. The first kappa shape index (κ1) is 23.9. The van der Waals surface area contributed by atoms with Gasteiger partial charge >= 0.3 is 0 Å². The first-order valence-electron chi connectivity index (χ1n) is 0.667. The Morgan fingerprint density at radius 2 is 1.12 bits per heavy atom. The molecule has 0 heterocycles. The van der Waals surface area contributed by atoms with Gasteiger partial charge in [0.15, 0.2) is 0 Å². The minimum absolute atomic E-state index is 0. The average molecular weight is 191 g/mol. The zero-order valence-corrected chi connectivity index (χ0v) is 5.73. The van der Waals surface area contributed by atoms with Gasteiger partial charge in [-0.3, -0.25) is 8.42 Å². The molecule has 0 bridgehead atoms. The SMILES string of the molecule is O.O=S(=O)([O-])[O-].[Co].[NH4+]. The molecule has 8 heavy (non-hydrogen) atoms. The molecular formula is H6CoNO5S-. The molecule has 0 saturated heterocycles. The van der Waals surface area contributed by atoms with Crippen LogP contribution in [0.15, 0.2) is 0 Å². The van der Waals surface area contributed by atoms with Gasteiger partial charge in [0.25, 0.3) is 0 Å². The Bertz CT molecular complexity index is 95.6. The molecule has 0 unspecified atom stereocenters. The molecule has 0 rings (SSSR count). The van der Waals surface area contributed by atoms with Crippen LogP contribution in [0.4, 0.5) is 0 Å². The summed E-state index contributed by atoms with van der Waals surface area (Å²) in [6.07, 6.45) is 0. The molecule has 0 fully saturated rings. The van der Waals surface area contributed by atoms with Crippen molar-refractivity contribution in [2.24, 2.45) is 0 Å². The maximum absolute atomic E-state index is 8.52. The number of hydrogen-bond donors (Lipinski definition) is 1. The van der Waals surface area contributed by atoms with E-state index in [0.717, 1.165) is 0 Å². The van der Waals surface area contributed by atoms with Gasteiger partial charge in [0.1, 0.15) is 0 Å². The van der Waals surface area contributed by atoms with E-state index < -0.39 is 10.4 Å². The van der Waals surface area contributed by atoms with E-state index in [2.05, 4.69) is 0 Å². The van der Waals surface area contributed by atoms with Gasteiger partial charge in [-0.2, -0.15) is 0 Å². The molecule has 6 N–H and O–H groups in total. The average Bonchev–Trinajstić information content (AvgIpc) is 0.722. The fourth-order valence-electron chi connectivity index (χ4n) is 0. The molecule has 0 aromatic carbocycles. The van der Waals surface area contributed by atoms with Crippen LogP contribution < -0.4 is 6.15 Å². The van der Waals surface area contributed by atoms with Crippen LogP contribution in [0.3, 0.4) is 0 Å². The van der Waals surface area contributed by atoms with Crippen molar-refractivity contribution in [1.29, 1.82) is 0 Å². The van der Waals surface area contributed by atoms with Crippen molar-refractivity contribution >= 4 is 10.4 Å². The summed E-state index contributed by atoms with van der Waals surface area (Å²) in [4.78, 5) is 0. The summed E-state index contributed by atoms with van der Waals surface area (Å²) in [6, 6.07) is 0. The van der Waals surface area contributed by atoms with E-state index in [0.29, 0.717) is 0 Å². The summed E-state index contributed by atoms with van der Waals surface area (Å²) in [5, 5.41) is 0.